The Kier molecular flexibility index (Phi) is 16.3. The van der Waals surface area contributed by atoms with E-state index in [1.165, 1.54) is 19.2 Å². The van der Waals surface area contributed by atoms with Crippen molar-refractivity contribution in [1.29, 1.82) is 0 Å². The summed E-state index contributed by atoms with van der Waals surface area (Å²) < 4.78 is 18.2. The molecular formula is C34H42BBr3N6O11. The molecule has 0 aromatic carbocycles. The average molecular weight is 961 g/mol. The molecular weight excluding hydrogens is 919 g/mol. The number of fused-ring (bicyclic) bond motifs is 2. The molecule has 0 saturated carbocycles. The van der Waals surface area contributed by atoms with Gasteiger partial charge in [0.1, 0.15) is 30.6 Å². The second kappa shape index (κ2) is 20.4. The summed E-state index contributed by atoms with van der Waals surface area (Å²) in [6, 6.07) is 2.47. The zero-order valence-electron chi connectivity index (χ0n) is 30.7. The predicted octanol–water partition coefficient (Wildman–Crippen LogP) is 2.67. The van der Waals surface area contributed by atoms with Crippen LogP contribution in [-0.2, 0) is 47.0 Å². The molecule has 0 unspecified atom stereocenters. The second-order valence-corrected chi connectivity index (χ2v) is 19.2. The highest BCUT2D eigenvalue weighted by Gasteiger charge is 2.24. The van der Waals surface area contributed by atoms with Gasteiger partial charge in [-0.3, -0.25) is 28.7 Å². The van der Waals surface area contributed by atoms with Crippen molar-refractivity contribution in [2.75, 3.05) is 33.3 Å². The van der Waals surface area contributed by atoms with Crippen LogP contribution in [-0.4, -0.2) is 76.8 Å². The Morgan fingerprint density at radius 2 is 1.16 bits per heavy atom. The van der Waals surface area contributed by atoms with E-state index >= 15 is 0 Å². The molecule has 2 aliphatic rings. The molecule has 6 heterocycles. The fourth-order valence-corrected chi connectivity index (χ4v) is 6.50. The number of H-pyrrole nitrogens is 1. The number of methoxy groups -OCH3 is 1. The molecule has 2 fully saturated rings. The van der Waals surface area contributed by atoms with Crippen LogP contribution in [0.1, 0.15) is 63.5 Å². The number of hydrogen-bond donors (Lipinski definition) is 1. The van der Waals surface area contributed by atoms with Gasteiger partial charge in [0.25, 0.3) is 11.1 Å². The minimum atomic E-state index is -0.755. The molecule has 2 aliphatic heterocycles. The van der Waals surface area contributed by atoms with Gasteiger partial charge in [-0.1, -0.05) is 13.8 Å². The lowest BCUT2D eigenvalue weighted by Gasteiger charge is -2.27. The number of ether oxygens (including phenoxy) is 1. The summed E-state index contributed by atoms with van der Waals surface area (Å²) in [5.74, 6) is -0.523. The molecule has 21 heteroatoms. The molecule has 0 atom stereocenters. The first-order chi connectivity index (χ1) is 26.2. The van der Waals surface area contributed by atoms with Crippen LogP contribution in [0.2, 0.25) is 0 Å². The van der Waals surface area contributed by atoms with Crippen LogP contribution in [0, 0.1) is 0 Å². The van der Waals surface area contributed by atoms with Crippen molar-refractivity contribution in [1.82, 2.24) is 28.5 Å². The lowest BCUT2D eigenvalue weighted by Crippen LogP contribution is -2.46. The number of halogens is 3. The molecule has 6 rings (SSSR count). The summed E-state index contributed by atoms with van der Waals surface area (Å²) in [6.45, 7) is 5.27. The third-order valence-corrected chi connectivity index (χ3v) is 9.18. The van der Waals surface area contributed by atoms with Crippen LogP contribution in [0.3, 0.4) is 0 Å². The number of nitrogens with one attached hydrogen (secondary N) is 1. The number of aryl methyl sites for hydroxylation is 2. The van der Waals surface area contributed by atoms with Gasteiger partial charge < -0.3 is 23.4 Å². The molecule has 2 amide bonds. The second-order valence-electron chi connectivity index (χ2n) is 12.7. The van der Waals surface area contributed by atoms with E-state index in [2.05, 4.69) is 52.3 Å². The monoisotopic (exact) mass is 958 g/mol. The van der Waals surface area contributed by atoms with Crippen molar-refractivity contribution in [2.24, 2.45) is 0 Å². The SMILES string of the molecule is BrB(Br)Br.CCc1cc(=O)oc2[nH]c(=O)n(CC(=O)N3CCCCC3)c(=O)c12.CCc1cc(=O)oc2c1c(=O)n(CC(=O)N1CCCCC1)c(=O)n2COC. The van der Waals surface area contributed by atoms with Gasteiger partial charge in [-0.05, 0) is 62.5 Å². The fraction of sp³-hybridized carbons (Fsp3) is 0.529. The minimum Gasteiger partial charge on any atom is -0.405 e. The third-order valence-electron chi connectivity index (χ3n) is 9.18. The fourth-order valence-electron chi connectivity index (χ4n) is 6.50. The Balaban J connectivity index is 0.000000224. The number of amides is 2. The molecule has 2 saturated heterocycles. The first-order valence-corrected chi connectivity index (χ1v) is 20.5. The summed E-state index contributed by atoms with van der Waals surface area (Å²) in [6.07, 6.45) is 6.68. The number of aromatic amines is 1. The number of likely N-dealkylation sites (tertiary alicyclic amines) is 2. The quantitative estimate of drug-likeness (QED) is 0.254. The summed E-state index contributed by atoms with van der Waals surface area (Å²) in [5.41, 5.74) is -3.33. The van der Waals surface area contributed by atoms with E-state index in [0.717, 1.165) is 52.2 Å². The van der Waals surface area contributed by atoms with Gasteiger partial charge >= 0.3 is 25.8 Å². The first-order valence-electron chi connectivity index (χ1n) is 17.8. The van der Waals surface area contributed by atoms with Crippen molar-refractivity contribution in [3.63, 3.8) is 0 Å². The van der Waals surface area contributed by atoms with Crippen molar-refractivity contribution >= 4 is 84.5 Å². The molecule has 17 nitrogen and oxygen atoms in total. The van der Waals surface area contributed by atoms with Crippen LogP contribution in [0.5, 0.6) is 0 Å². The molecule has 4 aromatic heterocycles. The Morgan fingerprint density at radius 1 is 0.709 bits per heavy atom. The molecule has 0 radical (unpaired) electrons. The summed E-state index contributed by atoms with van der Waals surface area (Å²) in [7, 11) is 1.38. The average Bonchev–Trinajstić information content (AvgIpc) is 3.16. The van der Waals surface area contributed by atoms with E-state index < -0.39 is 33.7 Å². The van der Waals surface area contributed by atoms with Crippen LogP contribution >= 0.6 is 47.3 Å². The van der Waals surface area contributed by atoms with E-state index in [1.54, 1.807) is 23.6 Å². The van der Waals surface area contributed by atoms with E-state index in [0.29, 0.717) is 50.1 Å². The van der Waals surface area contributed by atoms with Crippen LogP contribution < -0.4 is 33.7 Å². The van der Waals surface area contributed by atoms with Gasteiger partial charge in [-0.2, -0.15) is 0 Å². The lowest BCUT2D eigenvalue weighted by molar-refractivity contribution is -0.133. The smallest absolute Gasteiger partial charge is 0.369 e. The minimum absolute atomic E-state index is 0.125. The van der Waals surface area contributed by atoms with Crippen molar-refractivity contribution < 1.29 is 23.2 Å². The molecule has 0 bridgehead atoms. The number of carbonyl (C=O) groups is 2. The third kappa shape index (κ3) is 10.9. The standard InChI is InChI=1S/C18H23N3O6.C16H19N3O5.BBr3/c1-3-12-9-14(23)27-17-15(12)16(24)20(18(25)21(17)11-26-2)10-13(22)19-7-5-4-6-8-19;1-2-10-8-12(21)24-14-13(10)15(22)19(16(23)17-14)9-11(20)18-6-4-3-5-7-18;2-1(3)4/h9H,3-8,10-11H2,1-2H3;8H,2-7,9H2,1H3,(H,17,23);. The maximum atomic E-state index is 13.0. The van der Waals surface area contributed by atoms with Gasteiger partial charge in [-0.15, -0.1) is 47.3 Å². The zero-order chi connectivity index (χ0) is 40.4. The maximum absolute atomic E-state index is 13.0. The molecule has 55 heavy (non-hydrogen) atoms. The Hall–Kier alpha value is -3.82. The predicted molar refractivity (Wildman–Crippen MR) is 218 cm³/mol. The highest BCUT2D eigenvalue weighted by Crippen LogP contribution is 2.14. The molecule has 0 spiro atoms. The number of rotatable bonds is 8. The molecule has 298 valence electrons. The van der Waals surface area contributed by atoms with Crippen LogP contribution in [0.25, 0.3) is 22.2 Å². The van der Waals surface area contributed by atoms with E-state index in [1.807, 2.05) is 0 Å². The van der Waals surface area contributed by atoms with Gasteiger partial charge in [0.05, 0.1) is 0 Å². The topological polar surface area (TPSA) is 209 Å². The first kappa shape index (κ1) is 43.9. The number of aromatic nitrogens is 4. The Bertz CT molecular complexity index is 2370. The van der Waals surface area contributed by atoms with Crippen molar-refractivity contribution in [3.05, 3.63) is 85.8 Å². The number of piperidine rings is 2. The maximum Gasteiger partial charge on any atom is 0.369 e. The van der Waals surface area contributed by atoms with E-state index in [4.69, 9.17) is 13.6 Å². The van der Waals surface area contributed by atoms with Gasteiger partial charge in [0.2, 0.25) is 23.2 Å². The van der Waals surface area contributed by atoms with Crippen LogP contribution in [0.4, 0.5) is 0 Å². The lowest BCUT2D eigenvalue weighted by atomic mass is 10.1. The molecule has 0 aliphatic carbocycles. The van der Waals surface area contributed by atoms with Gasteiger partial charge in [0, 0.05) is 45.4 Å². The van der Waals surface area contributed by atoms with E-state index in [-0.39, 0.29) is 57.0 Å². The van der Waals surface area contributed by atoms with Gasteiger partial charge in [0.15, 0.2) is 0 Å². The zero-order valence-corrected chi connectivity index (χ0v) is 35.5. The summed E-state index contributed by atoms with van der Waals surface area (Å²) >= 11 is 9.31. The summed E-state index contributed by atoms with van der Waals surface area (Å²) in [5, 5.41) is 0.267. The number of hydrogen-bond acceptors (Lipinski definition) is 11. The Labute approximate surface area is 338 Å². The van der Waals surface area contributed by atoms with Gasteiger partial charge in [-0.25, -0.2) is 28.3 Å². The number of carbonyl (C=O) groups excluding carboxylic acids is 2. The molecule has 1 N–H and O–H groups in total. The summed E-state index contributed by atoms with van der Waals surface area (Å²) in [4.78, 5) is 105. The van der Waals surface area contributed by atoms with Crippen molar-refractivity contribution in [3.8, 4) is 0 Å². The van der Waals surface area contributed by atoms with Crippen LogP contribution in [0.15, 0.2) is 49.7 Å². The Morgan fingerprint density at radius 3 is 1.65 bits per heavy atom. The largest absolute Gasteiger partial charge is 0.405 e. The normalized spacial score (nSPS) is 14.2. The highest BCUT2D eigenvalue weighted by molar-refractivity contribution is 9.69. The number of nitrogens with zero attached hydrogens (tertiary/aromatic N) is 5. The highest BCUT2D eigenvalue weighted by atomic mass is 79.9. The molecule has 4 aromatic rings. The van der Waals surface area contributed by atoms with E-state index in [9.17, 15) is 38.4 Å². The van der Waals surface area contributed by atoms with Crippen molar-refractivity contribution in [2.45, 2.75) is 85.0 Å².